The molecule has 3 amide bonds. The number of nitrogens with one attached hydrogen (secondary N) is 3. The number of hydrogen-bond acceptors (Lipinski definition) is 5. The number of fused-ring (bicyclic) bond motifs is 1. The van der Waals surface area contributed by atoms with Gasteiger partial charge in [0.2, 0.25) is 11.8 Å². The fraction of sp³-hybridized carbons (Fsp3) is 0.348. The zero-order valence-corrected chi connectivity index (χ0v) is 17.0. The average molecular weight is 406 g/mol. The second kappa shape index (κ2) is 8.67. The number of carbonyl (C=O) groups is 3. The Morgan fingerprint density at radius 3 is 2.63 bits per heavy atom. The lowest BCUT2D eigenvalue weighted by atomic mass is 10.0. The Balaban J connectivity index is 1.45. The van der Waals surface area contributed by atoms with Crippen LogP contribution in [0.5, 0.6) is 0 Å². The van der Waals surface area contributed by atoms with Crippen molar-refractivity contribution in [3.05, 3.63) is 64.7 Å². The fourth-order valence-electron chi connectivity index (χ4n) is 4.09. The van der Waals surface area contributed by atoms with Crippen LogP contribution >= 0.6 is 0 Å². The van der Waals surface area contributed by atoms with Gasteiger partial charge in [0.1, 0.15) is 6.04 Å². The van der Waals surface area contributed by atoms with Crippen LogP contribution < -0.4 is 16.0 Å². The molecule has 156 valence electrons. The molecule has 0 aliphatic carbocycles. The van der Waals surface area contributed by atoms with Crippen LogP contribution in [0.2, 0.25) is 0 Å². The van der Waals surface area contributed by atoms with Gasteiger partial charge in [0.15, 0.2) is 0 Å². The van der Waals surface area contributed by atoms with Crippen molar-refractivity contribution in [3.63, 3.8) is 0 Å². The van der Waals surface area contributed by atoms with E-state index < -0.39 is 6.04 Å². The number of likely N-dealkylation sites (N-methyl/N-ethyl adjacent to an activating group) is 1. The number of piperidine rings is 1. The third kappa shape index (κ3) is 4.07. The monoisotopic (exact) mass is 406 g/mol. The van der Waals surface area contributed by atoms with E-state index in [-0.39, 0.29) is 24.1 Å². The van der Waals surface area contributed by atoms with Crippen molar-refractivity contribution in [2.75, 3.05) is 18.9 Å². The first-order valence-corrected chi connectivity index (χ1v) is 10.3. The molecule has 2 aromatic rings. The van der Waals surface area contributed by atoms with Gasteiger partial charge in [0.05, 0.1) is 0 Å². The minimum Gasteiger partial charge on any atom is -0.381 e. The van der Waals surface area contributed by atoms with E-state index in [1.807, 2.05) is 37.4 Å². The fourth-order valence-corrected chi connectivity index (χ4v) is 4.09. The van der Waals surface area contributed by atoms with Gasteiger partial charge in [-0.25, -0.2) is 0 Å². The lowest BCUT2D eigenvalue weighted by molar-refractivity contribution is -0.136. The van der Waals surface area contributed by atoms with E-state index in [0.29, 0.717) is 25.1 Å². The van der Waals surface area contributed by atoms with E-state index in [2.05, 4.69) is 28.1 Å². The molecular weight excluding hydrogens is 380 g/mol. The first-order chi connectivity index (χ1) is 14.6. The third-order valence-corrected chi connectivity index (χ3v) is 5.74. The number of carbonyl (C=O) groups excluding carboxylic acids is 3. The van der Waals surface area contributed by atoms with Crippen LogP contribution in [0.4, 0.5) is 5.69 Å². The van der Waals surface area contributed by atoms with Gasteiger partial charge in [-0.1, -0.05) is 30.3 Å². The van der Waals surface area contributed by atoms with Crippen molar-refractivity contribution in [2.24, 2.45) is 0 Å². The summed E-state index contributed by atoms with van der Waals surface area (Å²) in [6, 6.07) is 13.5. The second-order valence-electron chi connectivity index (χ2n) is 7.76. The number of benzene rings is 2. The zero-order chi connectivity index (χ0) is 21.1. The van der Waals surface area contributed by atoms with Crippen LogP contribution in [0.1, 0.15) is 39.9 Å². The summed E-state index contributed by atoms with van der Waals surface area (Å²) in [5, 5.41) is 8.88. The van der Waals surface area contributed by atoms with Gasteiger partial charge in [-0.05, 0) is 55.3 Å². The van der Waals surface area contributed by atoms with Gasteiger partial charge < -0.3 is 15.5 Å². The maximum Gasteiger partial charge on any atom is 0.255 e. The van der Waals surface area contributed by atoms with Gasteiger partial charge in [0, 0.05) is 30.8 Å². The molecule has 0 spiro atoms. The maximum atomic E-state index is 13.1. The molecule has 2 aliphatic heterocycles. The van der Waals surface area contributed by atoms with Crippen LogP contribution in [0.25, 0.3) is 0 Å². The normalized spacial score (nSPS) is 18.4. The lowest BCUT2D eigenvalue weighted by Gasteiger charge is -2.29. The number of hydrogen-bond donors (Lipinski definition) is 3. The summed E-state index contributed by atoms with van der Waals surface area (Å²) in [5.74, 6) is -0.799. The highest BCUT2D eigenvalue weighted by Gasteiger charge is 2.39. The van der Waals surface area contributed by atoms with E-state index in [1.165, 1.54) is 5.56 Å². The average Bonchev–Trinajstić information content (AvgIpc) is 3.08. The molecule has 3 N–H and O–H groups in total. The summed E-state index contributed by atoms with van der Waals surface area (Å²) >= 11 is 0. The highest BCUT2D eigenvalue weighted by molar-refractivity contribution is 6.06. The Morgan fingerprint density at radius 2 is 1.90 bits per heavy atom. The molecule has 7 heteroatoms. The van der Waals surface area contributed by atoms with E-state index in [1.54, 1.807) is 4.90 Å². The number of nitrogens with zero attached hydrogens (tertiary/aromatic N) is 1. The highest BCUT2D eigenvalue weighted by Crippen LogP contribution is 2.30. The van der Waals surface area contributed by atoms with Crippen molar-refractivity contribution in [1.29, 1.82) is 0 Å². The van der Waals surface area contributed by atoms with Crippen molar-refractivity contribution in [2.45, 2.75) is 38.4 Å². The predicted molar refractivity (Wildman–Crippen MR) is 114 cm³/mol. The smallest absolute Gasteiger partial charge is 0.255 e. The summed E-state index contributed by atoms with van der Waals surface area (Å²) in [7, 11) is 1.94. The molecule has 1 unspecified atom stereocenters. The summed E-state index contributed by atoms with van der Waals surface area (Å²) in [6.07, 6.45) is 1.61. The Bertz CT molecular complexity index is 971. The first kappa shape index (κ1) is 20.1. The molecule has 2 aliphatic rings. The van der Waals surface area contributed by atoms with Gasteiger partial charge in [-0.15, -0.1) is 0 Å². The van der Waals surface area contributed by atoms with Crippen molar-refractivity contribution < 1.29 is 14.4 Å². The quantitative estimate of drug-likeness (QED) is 0.611. The number of imide groups is 1. The summed E-state index contributed by atoms with van der Waals surface area (Å²) in [4.78, 5) is 38.4. The number of anilines is 1. The number of rotatable bonds is 7. The zero-order valence-electron chi connectivity index (χ0n) is 17.0. The standard InChI is InChI=1S/C23H26N4O3/c1-24-12-11-15-5-7-18(8-6-15)25-13-16-3-2-4-17-14-27(23(30)21(16)17)19-9-10-20(28)26-22(19)29/h2-8,19,24-25H,9-14H2,1H3,(H,26,28,29). The largest absolute Gasteiger partial charge is 0.381 e. The van der Waals surface area contributed by atoms with Gasteiger partial charge in [-0.3, -0.25) is 19.7 Å². The van der Waals surface area contributed by atoms with E-state index in [4.69, 9.17) is 0 Å². The maximum absolute atomic E-state index is 13.1. The van der Waals surface area contributed by atoms with Crippen LogP contribution in [-0.4, -0.2) is 42.3 Å². The molecular formula is C23H26N4O3. The van der Waals surface area contributed by atoms with Crippen molar-refractivity contribution in [1.82, 2.24) is 15.5 Å². The molecule has 30 heavy (non-hydrogen) atoms. The Hall–Kier alpha value is -3.19. The Kier molecular flexibility index (Phi) is 5.81. The molecule has 4 rings (SSSR count). The molecule has 0 bridgehead atoms. The minimum absolute atomic E-state index is 0.140. The molecule has 0 radical (unpaired) electrons. The van der Waals surface area contributed by atoms with E-state index in [0.717, 1.165) is 29.8 Å². The van der Waals surface area contributed by atoms with E-state index in [9.17, 15) is 14.4 Å². The molecule has 1 saturated heterocycles. The first-order valence-electron chi connectivity index (χ1n) is 10.3. The van der Waals surface area contributed by atoms with Crippen molar-refractivity contribution in [3.8, 4) is 0 Å². The predicted octanol–water partition coefficient (Wildman–Crippen LogP) is 1.82. The molecule has 0 saturated carbocycles. The minimum atomic E-state index is -0.589. The van der Waals surface area contributed by atoms with E-state index >= 15 is 0 Å². The summed E-state index contributed by atoms with van der Waals surface area (Å²) < 4.78 is 0. The molecule has 0 aromatic heterocycles. The highest BCUT2D eigenvalue weighted by atomic mass is 16.2. The summed E-state index contributed by atoms with van der Waals surface area (Å²) in [6.45, 7) is 1.86. The molecule has 1 fully saturated rings. The number of amides is 3. The van der Waals surface area contributed by atoms with Crippen LogP contribution in [-0.2, 0) is 29.1 Å². The lowest BCUT2D eigenvalue weighted by Crippen LogP contribution is -2.52. The van der Waals surface area contributed by atoms with Crippen LogP contribution in [0.15, 0.2) is 42.5 Å². The molecule has 2 aromatic carbocycles. The Morgan fingerprint density at radius 1 is 1.10 bits per heavy atom. The SMILES string of the molecule is CNCCc1ccc(NCc2cccc3c2C(=O)N(C2CCC(=O)NC2=O)C3)cc1. The third-order valence-electron chi connectivity index (χ3n) is 5.74. The van der Waals surface area contributed by atoms with Gasteiger partial charge in [0.25, 0.3) is 5.91 Å². The van der Waals surface area contributed by atoms with Gasteiger partial charge >= 0.3 is 0 Å². The van der Waals surface area contributed by atoms with Gasteiger partial charge in [-0.2, -0.15) is 0 Å². The second-order valence-corrected chi connectivity index (χ2v) is 7.76. The van der Waals surface area contributed by atoms with Crippen LogP contribution in [0.3, 0.4) is 0 Å². The Labute approximate surface area is 175 Å². The molecule has 1 atom stereocenters. The summed E-state index contributed by atoms with van der Waals surface area (Å²) in [5.41, 5.74) is 4.76. The molecule has 7 nitrogen and oxygen atoms in total. The molecule has 2 heterocycles. The van der Waals surface area contributed by atoms with Crippen molar-refractivity contribution >= 4 is 23.4 Å². The topological polar surface area (TPSA) is 90.5 Å². The van der Waals surface area contributed by atoms with Crippen LogP contribution in [0, 0.1) is 0 Å².